The molecule has 0 unspecified atom stereocenters. The Morgan fingerprint density at radius 2 is 1.83 bits per heavy atom. The number of hydrogen-bond acceptors (Lipinski definition) is 4. The van der Waals surface area contributed by atoms with Crippen molar-refractivity contribution in [2.24, 2.45) is 0 Å². The Hall–Kier alpha value is -1.86. The summed E-state index contributed by atoms with van der Waals surface area (Å²) < 4.78 is 6.24. The summed E-state index contributed by atoms with van der Waals surface area (Å²) in [5, 5.41) is 2.01. The summed E-state index contributed by atoms with van der Waals surface area (Å²) in [6, 6.07) is 11.2. The number of thiophene rings is 1. The molecule has 0 fully saturated rings. The molecule has 7 heteroatoms. The molecule has 0 atom stereocenters. The van der Waals surface area contributed by atoms with E-state index in [9.17, 15) is 9.59 Å². The number of hydrogen-bond donors (Lipinski definition) is 2. The first kappa shape index (κ1) is 17.5. The predicted octanol–water partition coefficient (Wildman–Crippen LogP) is 3.06. The third-order valence-electron chi connectivity index (χ3n) is 2.93. The van der Waals surface area contributed by atoms with Gasteiger partial charge in [-0.25, -0.2) is 0 Å². The second kappa shape index (κ2) is 9.32. The van der Waals surface area contributed by atoms with Gasteiger partial charge in [0.2, 0.25) is 5.91 Å². The number of aryl methyl sites for hydroxylation is 1. The molecular weight excluding hydrogens is 380 g/mol. The largest absolute Gasteiger partial charge is 0.484 e. The summed E-state index contributed by atoms with van der Waals surface area (Å²) in [5.74, 6) is -0.0244. The van der Waals surface area contributed by atoms with Crippen LogP contribution < -0.4 is 15.6 Å². The van der Waals surface area contributed by atoms with Crippen LogP contribution in [0.2, 0.25) is 0 Å². The zero-order valence-corrected chi connectivity index (χ0v) is 14.8. The lowest BCUT2D eigenvalue weighted by Gasteiger charge is -2.08. The molecule has 0 aliphatic carbocycles. The fourth-order valence-electron chi connectivity index (χ4n) is 1.80. The van der Waals surface area contributed by atoms with Crippen molar-refractivity contribution < 1.29 is 14.3 Å². The maximum Gasteiger partial charge on any atom is 0.276 e. The van der Waals surface area contributed by atoms with Gasteiger partial charge in [-0.05, 0) is 48.6 Å². The zero-order valence-electron chi connectivity index (χ0n) is 12.4. The molecule has 122 valence electrons. The van der Waals surface area contributed by atoms with Crippen molar-refractivity contribution in [2.75, 3.05) is 6.61 Å². The van der Waals surface area contributed by atoms with Gasteiger partial charge in [0.1, 0.15) is 5.75 Å². The Morgan fingerprint density at radius 3 is 2.52 bits per heavy atom. The van der Waals surface area contributed by atoms with Crippen molar-refractivity contribution >= 4 is 39.1 Å². The van der Waals surface area contributed by atoms with Crippen LogP contribution in [0.3, 0.4) is 0 Å². The van der Waals surface area contributed by atoms with Crippen molar-refractivity contribution in [2.45, 2.75) is 19.3 Å². The summed E-state index contributed by atoms with van der Waals surface area (Å²) in [6.07, 6.45) is 1.98. The van der Waals surface area contributed by atoms with E-state index in [4.69, 9.17) is 4.74 Å². The molecule has 2 rings (SSSR count). The SMILES string of the molecule is O=C(CCCc1cccs1)NNC(=O)COc1ccc(Br)cc1. The van der Waals surface area contributed by atoms with Crippen LogP contribution in [0.15, 0.2) is 46.3 Å². The number of carbonyl (C=O) groups excluding carboxylic acids is 2. The van der Waals surface area contributed by atoms with Crippen LogP contribution in [0.4, 0.5) is 0 Å². The van der Waals surface area contributed by atoms with E-state index >= 15 is 0 Å². The quantitative estimate of drug-likeness (QED) is 0.706. The Kier molecular flexibility index (Phi) is 7.09. The lowest BCUT2D eigenvalue weighted by Crippen LogP contribution is -2.43. The topological polar surface area (TPSA) is 67.4 Å². The van der Waals surface area contributed by atoms with Gasteiger partial charge in [-0.15, -0.1) is 11.3 Å². The lowest BCUT2D eigenvalue weighted by molar-refractivity contribution is -0.130. The molecule has 0 aliphatic heterocycles. The summed E-state index contributed by atoms with van der Waals surface area (Å²) >= 11 is 4.99. The first-order valence-electron chi connectivity index (χ1n) is 7.12. The second-order valence-corrected chi connectivity index (χ2v) is 6.72. The highest BCUT2D eigenvalue weighted by Gasteiger charge is 2.06. The van der Waals surface area contributed by atoms with Crippen LogP contribution in [-0.2, 0) is 16.0 Å². The Morgan fingerprint density at radius 1 is 1.09 bits per heavy atom. The summed E-state index contributed by atoms with van der Waals surface area (Å²) in [4.78, 5) is 24.5. The molecular formula is C16H17BrN2O3S. The van der Waals surface area contributed by atoms with Gasteiger partial charge in [0.25, 0.3) is 5.91 Å². The zero-order chi connectivity index (χ0) is 16.5. The summed E-state index contributed by atoms with van der Waals surface area (Å²) in [6.45, 7) is -0.156. The number of ether oxygens (including phenoxy) is 1. The number of rotatable bonds is 7. The van der Waals surface area contributed by atoms with Crippen molar-refractivity contribution in [1.82, 2.24) is 10.9 Å². The number of benzene rings is 1. The molecule has 1 heterocycles. The van der Waals surface area contributed by atoms with Crippen LogP contribution in [0.25, 0.3) is 0 Å². The third-order valence-corrected chi connectivity index (χ3v) is 4.40. The predicted molar refractivity (Wildman–Crippen MR) is 93.2 cm³/mol. The van der Waals surface area contributed by atoms with E-state index in [2.05, 4.69) is 26.8 Å². The van der Waals surface area contributed by atoms with Gasteiger partial charge < -0.3 is 4.74 Å². The maximum absolute atomic E-state index is 11.6. The molecule has 0 radical (unpaired) electrons. The van der Waals surface area contributed by atoms with Crippen molar-refractivity contribution in [3.63, 3.8) is 0 Å². The highest BCUT2D eigenvalue weighted by molar-refractivity contribution is 9.10. The molecule has 1 aromatic carbocycles. The highest BCUT2D eigenvalue weighted by Crippen LogP contribution is 2.15. The molecule has 23 heavy (non-hydrogen) atoms. The van der Waals surface area contributed by atoms with Gasteiger partial charge in [-0.1, -0.05) is 22.0 Å². The third kappa shape index (κ3) is 6.83. The Labute approximate surface area is 147 Å². The lowest BCUT2D eigenvalue weighted by atomic mass is 10.2. The van der Waals surface area contributed by atoms with Gasteiger partial charge in [0.15, 0.2) is 6.61 Å². The molecule has 2 amide bonds. The van der Waals surface area contributed by atoms with E-state index < -0.39 is 5.91 Å². The van der Waals surface area contributed by atoms with E-state index in [0.717, 1.165) is 17.3 Å². The van der Waals surface area contributed by atoms with Gasteiger partial charge in [0, 0.05) is 15.8 Å². The number of carbonyl (C=O) groups is 2. The molecule has 2 aromatic rings. The number of hydrazine groups is 1. The minimum absolute atomic E-state index is 0.156. The number of halogens is 1. The fraction of sp³-hybridized carbons (Fsp3) is 0.250. The van der Waals surface area contributed by atoms with E-state index in [1.165, 1.54) is 4.88 Å². The maximum atomic E-state index is 11.6. The normalized spacial score (nSPS) is 10.1. The van der Waals surface area contributed by atoms with Crippen LogP contribution in [0, 0.1) is 0 Å². The molecule has 0 aliphatic rings. The van der Waals surface area contributed by atoms with E-state index in [0.29, 0.717) is 12.2 Å². The average Bonchev–Trinajstić information content (AvgIpc) is 3.06. The minimum atomic E-state index is -0.403. The monoisotopic (exact) mass is 396 g/mol. The fourth-order valence-corrected chi connectivity index (χ4v) is 2.81. The molecule has 0 spiro atoms. The molecule has 0 saturated heterocycles. The van der Waals surface area contributed by atoms with Crippen LogP contribution in [-0.4, -0.2) is 18.4 Å². The van der Waals surface area contributed by atoms with Gasteiger partial charge in [0.05, 0.1) is 0 Å². The van der Waals surface area contributed by atoms with Crippen molar-refractivity contribution in [1.29, 1.82) is 0 Å². The molecule has 0 saturated carbocycles. The van der Waals surface area contributed by atoms with Gasteiger partial charge in [-0.2, -0.15) is 0 Å². The summed E-state index contributed by atoms with van der Waals surface area (Å²) in [7, 11) is 0. The Bertz CT molecular complexity index is 629. The minimum Gasteiger partial charge on any atom is -0.484 e. The van der Waals surface area contributed by atoms with E-state index in [-0.39, 0.29) is 12.5 Å². The van der Waals surface area contributed by atoms with Gasteiger partial charge in [-0.3, -0.25) is 20.4 Å². The molecule has 2 N–H and O–H groups in total. The average molecular weight is 397 g/mol. The molecule has 1 aromatic heterocycles. The van der Waals surface area contributed by atoms with Crippen LogP contribution >= 0.6 is 27.3 Å². The van der Waals surface area contributed by atoms with E-state index in [1.54, 1.807) is 23.5 Å². The van der Waals surface area contributed by atoms with E-state index in [1.807, 2.05) is 29.6 Å². The molecule has 0 bridgehead atoms. The second-order valence-electron chi connectivity index (χ2n) is 4.77. The first-order valence-corrected chi connectivity index (χ1v) is 8.79. The molecule has 5 nitrogen and oxygen atoms in total. The first-order chi connectivity index (χ1) is 11.1. The number of amides is 2. The van der Waals surface area contributed by atoms with Crippen molar-refractivity contribution in [3.05, 3.63) is 51.1 Å². The smallest absolute Gasteiger partial charge is 0.276 e. The Balaban J connectivity index is 1.58. The highest BCUT2D eigenvalue weighted by atomic mass is 79.9. The van der Waals surface area contributed by atoms with Gasteiger partial charge >= 0.3 is 0 Å². The van der Waals surface area contributed by atoms with Crippen LogP contribution in [0.5, 0.6) is 5.75 Å². The standard InChI is InChI=1S/C16H17BrN2O3S/c17-12-6-8-13(9-7-12)22-11-16(21)19-18-15(20)5-1-3-14-4-2-10-23-14/h2,4,6-10H,1,3,5,11H2,(H,18,20)(H,19,21). The summed E-state index contributed by atoms with van der Waals surface area (Å²) in [5.41, 5.74) is 4.72. The van der Waals surface area contributed by atoms with Crippen molar-refractivity contribution in [3.8, 4) is 5.75 Å². The number of nitrogens with one attached hydrogen (secondary N) is 2. The van der Waals surface area contributed by atoms with Crippen LogP contribution in [0.1, 0.15) is 17.7 Å².